The van der Waals surface area contributed by atoms with E-state index in [2.05, 4.69) is 45.0 Å². The number of thiophene rings is 1. The number of carbonyl (C=O) groups is 1. The van der Waals surface area contributed by atoms with Gasteiger partial charge in [-0.1, -0.05) is 26.0 Å². The zero-order chi connectivity index (χ0) is 16.8. The Morgan fingerprint density at radius 1 is 1.12 bits per heavy atom. The highest BCUT2D eigenvalue weighted by molar-refractivity contribution is 7.20. The lowest BCUT2D eigenvalue weighted by molar-refractivity contribution is 0.0628. The number of piperidine rings is 1. The van der Waals surface area contributed by atoms with Gasteiger partial charge in [0.2, 0.25) is 0 Å². The number of amides is 1. The Morgan fingerprint density at radius 2 is 1.88 bits per heavy atom. The first-order chi connectivity index (χ1) is 11.5. The van der Waals surface area contributed by atoms with E-state index in [1.165, 1.54) is 23.3 Å². The maximum atomic E-state index is 12.9. The fraction of sp³-hybridized carbons (Fsp3) is 0.400. The summed E-state index contributed by atoms with van der Waals surface area (Å²) in [6, 6.07) is 10.5. The summed E-state index contributed by atoms with van der Waals surface area (Å²) in [6.07, 6.45) is 1.21. The summed E-state index contributed by atoms with van der Waals surface area (Å²) in [5.74, 6) is 1.32. The fourth-order valence-electron chi connectivity index (χ4n) is 3.83. The number of nitrogens with zero attached hydrogens (tertiary/aromatic N) is 2. The van der Waals surface area contributed by atoms with Gasteiger partial charge in [0.25, 0.3) is 5.91 Å². The zero-order valence-electron chi connectivity index (χ0n) is 14.4. The fourth-order valence-corrected chi connectivity index (χ4v) is 4.82. The predicted molar refractivity (Wildman–Crippen MR) is 101 cm³/mol. The Labute approximate surface area is 146 Å². The molecule has 1 aliphatic heterocycles. The lowest BCUT2D eigenvalue weighted by atomic mass is 9.92. The molecule has 1 fully saturated rings. The number of aryl methyl sites for hydroxylation is 1. The first-order valence-corrected chi connectivity index (χ1v) is 9.41. The minimum Gasteiger partial charge on any atom is -0.337 e. The van der Waals surface area contributed by atoms with Crippen molar-refractivity contribution in [1.29, 1.82) is 0 Å². The monoisotopic (exact) mass is 338 g/mol. The quantitative estimate of drug-likeness (QED) is 0.634. The smallest absolute Gasteiger partial charge is 0.264 e. The summed E-state index contributed by atoms with van der Waals surface area (Å²) in [5.41, 5.74) is 2.21. The Kier molecular flexibility index (Phi) is 3.80. The van der Waals surface area contributed by atoms with Crippen LogP contribution in [0, 0.1) is 18.8 Å². The van der Waals surface area contributed by atoms with Gasteiger partial charge in [0, 0.05) is 23.9 Å². The van der Waals surface area contributed by atoms with Crippen molar-refractivity contribution in [3.8, 4) is 0 Å². The van der Waals surface area contributed by atoms with Crippen molar-refractivity contribution in [2.24, 2.45) is 11.8 Å². The third kappa shape index (κ3) is 2.80. The Hall–Kier alpha value is -1.94. The van der Waals surface area contributed by atoms with Crippen LogP contribution >= 0.6 is 11.3 Å². The van der Waals surface area contributed by atoms with Gasteiger partial charge in [-0.3, -0.25) is 4.79 Å². The molecule has 3 heterocycles. The molecule has 1 amide bonds. The summed E-state index contributed by atoms with van der Waals surface area (Å²) in [5, 5.41) is 2.20. The molecule has 4 heteroatoms. The van der Waals surface area contributed by atoms with Gasteiger partial charge in [0.05, 0.1) is 10.4 Å². The van der Waals surface area contributed by atoms with Crippen LogP contribution in [0.3, 0.4) is 0 Å². The molecule has 124 valence electrons. The van der Waals surface area contributed by atoms with E-state index in [1.54, 1.807) is 0 Å². The average Bonchev–Trinajstić information content (AvgIpc) is 2.93. The van der Waals surface area contributed by atoms with Crippen molar-refractivity contribution in [2.75, 3.05) is 13.1 Å². The summed E-state index contributed by atoms with van der Waals surface area (Å²) < 4.78 is 0. The summed E-state index contributed by atoms with van der Waals surface area (Å²) in [6.45, 7) is 8.28. The van der Waals surface area contributed by atoms with Gasteiger partial charge in [0.15, 0.2) is 0 Å². The van der Waals surface area contributed by atoms with E-state index in [9.17, 15) is 4.79 Å². The molecule has 2 unspecified atom stereocenters. The molecule has 0 bridgehead atoms. The van der Waals surface area contributed by atoms with Crippen molar-refractivity contribution in [1.82, 2.24) is 9.88 Å². The molecule has 0 radical (unpaired) electrons. The molecule has 0 spiro atoms. The van der Waals surface area contributed by atoms with Crippen LogP contribution < -0.4 is 0 Å². The van der Waals surface area contributed by atoms with Gasteiger partial charge in [-0.15, -0.1) is 11.3 Å². The standard InChI is InChI=1S/C20H22N2OS/c1-12-4-5-15-8-16-9-18(24-19(16)21-17(15)7-12)20(23)22-10-13(2)6-14(3)11-22/h4-5,7-9,13-14H,6,10-11H2,1-3H3. The number of rotatable bonds is 1. The van der Waals surface area contributed by atoms with E-state index in [0.29, 0.717) is 11.8 Å². The lowest BCUT2D eigenvalue weighted by Crippen LogP contribution is -2.42. The summed E-state index contributed by atoms with van der Waals surface area (Å²) >= 11 is 1.52. The number of hydrogen-bond donors (Lipinski definition) is 0. The first-order valence-electron chi connectivity index (χ1n) is 8.60. The Bertz CT molecular complexity index is 920. The lowest BCUT2D eigenvalue weighted by Gasteiger charge is -2.34. The molecule has 24 heavy (non-hydrogen) atoms. The molecule has 3 nitrogen and oxygen atoms in total. The largest absolute Gasteiger partial charge is 0.337 e. The third-order valence-corrected chi connectivity index (χ3v) is 5.86. The first kappa shape index (κ1) is 15.6. The van der Waals surface area contributed by atoms with E-state index < -0.39 is 0 Å². The topological polar surface area (TPSA) is 33.2 Å². The van der Waals surface area contributed by atoms with Gasteiger partial charge in [-0.05, 0) is 48.9 Å². The van der Waals surface area contributed by atoms with Crippen molar-refractivity contribution >= 4 is 38.4 Å². The highest BCUT2D eigenvalue weighted by atomic mass is 32.1. The van der Waals surface area contributed by atoms with Crippen molar-refractivity contribution < 1.29 is 4.79 Å². The highest BCUT2D eigenvalue weighted by Crippen LogP contribution is 2.30. The van der Waals surface area contributed by atoms with E-state index in [1.807, 2.05) is 11.0 Å². The molecular weight excluding hydrogens is 316 g/mol. The van der Waals surface area contributed by atoms with Crippen LogP contribution in [0.4, 0.5) is 0 Å². The maximum absolute atomic E-state index is 12.9. The van der Waals surface area contributed by atoms with Crippen molar-refractivity contribution in [3.05, 3.63) is 40.8 Å². The van der Waals surface area contributed by atoms with Crippen LogP contribution in [-0.2, 0) is 0 Å². The number of pyridine rings is 1. The van der Waals surface area contributed by atoms with Gasteiger partial charge >= 0.3 is 0 Å². The molecule has 4 rings (SSSR count). The average molecular weight is 338 g/mol. The molecule has 0 saturated carbocycles. The minimum atomic E-state index is 0.164. The molecule has 0 aliphatic carbocycles. The van der Waals surface area contributed by atoms with Crippen LogP contribution in [0.5, 0.6) is 0 Å². The van der Waals surface area contributed by atoms with Crippen LogP contribution in [-0.4, -0.2) is 28.9 Å². The molecule has 2 atom stereocenters. The normalized spacial score (nSPS) is 21.5. The number of fused-ring (bicyclic) bond motifs is 2. The van der Waals surface area contributed by atoms with Gasteiger partial charge in [-0.25, -0.2) is 4.98 Å². The predicted octanol–water partition coefficient (Wildman–Crippen LogP) is 4.88. The second-order valence-corrected chi connectivity index (χ2v) is 8.38. The molecule has 2 aromatic heterocycles. The number of carbonyl (C=O) groups excluding carboxylic acids is 1. The molecule has 1 saturated heterocycles. The van der Waals surface area contributed by atoms with Crippen LogP contribution in [0.1, 0.15) is 35.5 Å². The molecule has 3 aromatic rings. The number of likely N-dealkylation sites (tertiary alicyclic amines) is 1. The molecule has 0 N–H and O–H groups in total. The Morgan fingerprint density at radius 3 is 2.62 bits per heavy atom. The highest BCUT2D eigenvalue weighted by Gasteiger charge is 2.27. The van der Waals surface area contributed by atoms with Gasteiger partial charge < -0.3 is 4.90 Å². The van der Waals surface area contributed by atoms with E-state index >= 15 is 0 Å². The van der Waals surface area contributed by atoms with E-state index in [4.69, 9.17) is 4.98 Å². The summed E-state index contributed by atoms with van der Waals surface area (Å²) in [4.78, 5) is 21.5. The van der Waals surface area contributed by atoms with Gasteiger partial charge in [-0.2, -0.15) is 0 Å². The molecule has 1 aromatic carbocycles. The third-order valence-electron chi connectivity index (χ3n) is 4.83. The van der Waals surface area contributed by atoms with Crippen molar-refractivity contribution in [2.45, 2.75) is 27.2 Å². The SMILES string of the molecule is Cc1ccc2cc3cc(C(=O)N4CC(C)CC(C)C4)sc3nc2c1. The van der Waals surface area contributed by atoms with E-state index in [0.717, 1.165) is 39.1 Å². The number of benzene rings is 1. The molecule has 1 aliphatic rings. The zero-order valence-corrected chi connectivity index (χ0v) is 15.2. The number of aromatic nitrogens is 1. The van der Waals surface area contributed by atoms with Crippen molar-refractivity contribution in [3.63, 3.8) is 0 Å². The second kappa shape index (κ2) is 5.85. The molecular formula is C20H22N2OS. The number of hydrogen-bond acceptors (Lipinski definition) is 3. The van der Waals surface area contributed by atoms with Crippen LogP contribution in [0.2, 0.25) is 0 Å². The van der Waals surface area contributed by atoms with Crippen LogP contribution in [0.15, 0.2) is 30.3 Å². The minimum absolute atomic E-state index is 0.164. The van der Waals surface area contributed by atoms with Gasteiger partial charge in [0.1, 0.15) is 4.83 Å². The van der Waals surface area contributed by atoms with E-state index in [-0.39, 0.29) is 5.91 Å². The second-order valence-electron chi connectivity index (χ2n) is 7.35. The van der Waals surface area contributed by atoms with Crippen LogP contribution in [0.25, 0.3) is 21.1 Å². The Balaban J connectivity index is 1.71. The summed E-state index contributed by atoms with van der Waals surface area (Å²) in [7, 11) is 0. The maximum Gasteiger partial charge on any atom is 0.264 e.